The van der Waals surface area contributed by atoms with Crippen LogP contribution in [0.25, 0.3) is 0 Å². The van der Waals surface area contributed by atoms with Gasteiger partial charge in [0.05, 0.1) is 11.5 Å². The Hall–Kier alpha value is -2.37. The van der Waals surface area contributed by atoms with E-state index in [-0.39, 0.29) is 17.5 Å². The number of nitrogens with two attached hydrogens (primary N) is 1. The average molecular weight is 351 g/mol. The van der Waals surface area contributed by atoms with Crippen LogP contribution >= 0.6 is 0 Å². The van der Waals surface area contributed by atoms with E-state index in [9.17, 15) is 22.4 Å². The van der Waals surface area contributed by atoms with Gasteiger partial charge in [0.25, 0.3) is 0 Å². The Balaban J connectivity index is 1.88. The summed E-state index contributed by atoms with van der Waals surface area (Å²) in [5.74, 6) is -1.88. The highest BCUT2D eigenvalue weighted by Gasteiger charge is 2.32. The van der Waals surface area contributed by atoms with Gasteiger partial charge in [-0.15, -0.1) is 0 Å². The summed E-state index contributed by atoms with van der Waals surface area (Å²) in [5.41, 5.74) is 5.83. The number of carbonyl (C=O) groups excluding carboxylic acids is 1. The van der Waals surface area contributed by atoms with Crippen LogP contribution in [0.1, 0.15) is 46.9 Å². The van der Waals surface area contributed by atoms with Crippen LogP contribution < -0.4 is 5.73 Å². The molecule has 1 atom stereocenters. The van der Waals surface area contributed by atoms with Gasteiger partial charge in [0.15, 0.2) is 0 Å². The van der Waals surface area contributed by atoms with Crippen LogP contribution in [0.5, 0.6) is 0 Å². The molecule has 2 nitrogen and oxygen atoms in total. The Morgan fingerprint density at radius 2 is 1.88 bits per heavy atom. The molecule has 3 rings (SSSR count). The molecule has 1 saturated carbocycles. The van der Waals surface area contributed by atoms with Gasteiger partial charge in [-0.05, 0) is 54.0 Å². The second-order valence-corrected chi connectivity index (χ2v) is 6.41. The van der Waals surface area contributed by atoms with Gasteiger partial charge in [0.1, 0.15) is 5.82 Å². The third kappa shape index (κ3) is 4.00. The second-order valence-electron chi connectivity index (χ2n) is 6.41. The van der Waals surface area contributed by atoms with Crippen LogP contribution in [0.15, 0.2) is 42.5 Å². The number of alkyl halides is 3. The zero-order valence-corrected chi connectivity index (χ0v) is 13.3. The molecule has 1 aliphatic rings. The Morgan fingerprint density at radius 1 is 1.16 bits per heavy atom. The minimum atomic E-state index is -4.52. The van der Waals surface area contributed by atoms with Crippen molar-refractivity contribution in [2.24, 2.45) is 5.73 Å². The van der Waals surface area contributed by atoms with E-state index in [1.54, 1.807) is 12.1 Å². The van der Waals surface area contributed by atoms with Gasteiger partial charge >= 0.3 is 6.18 Å². The molecule has 6 heteroatoms. The second kappa shape index (κ2) is 6.50. The fourth-order valence-corrected chi connectivity index (χ4v) is 2.93. The quantitative estimate of drug-likeness (QED) is 0.790. The van der Waals surface area contributed by atoms with Crippen molar-refractivity contribution in [2.75, 3.05) is 0 Å². The van der Waals surface area contributed by atoms with E-state index < -0.39 is 29.4 Å². The SMILES string of the molecule is NC(=O)C(Cc1ccc(C2CC2)cc1F)c1cccc(C(F)(F)F)c1. The topological polar surface area (TPSA) is 43.1 Å². The molecule has 0 spiro atoms. The average Bonchev–Trinajstić information content (AvgIpc) is 3.37. The first-order valence-electron chi connectivity index (χ1n) is 8.00. The first-order chi connectivity index (χ1) is 11.8. The fourth-order valence-electron chi connectivity index (χ4n) is 2.93. The summed E-state index contributed by atoms with van der Waals surface area (Å²) in [6.45, 7) is 0. The molecule has 0 radical (unpaired) electrons. The molecule has 0 saturated heterocycles. The lowest BCUT2D eigenvalue weighted by Crippen LogP contribution is -2.24. The van der Waals surface area contributed by atoms with Gasteiger partial charge in [-0.25, -0.2) is 4.39 Å². The summed E-state index contributed by atoms with van der Waals surface area (Å²) < 4.78 is 52.9. The van der Waals surface area contributed by atoms with Crippen molar-refractivity contribution in [3.8, 4) is 0 Å². The van der Waals surface area contributed by atoms with Gasteiger partial charge in [0, 0.05) is 0 Å². The first kappa shape index (κ1) is 17.5. The fraction of sp³-hybridized carbons (Fsp3) is 0.316. The normalized spacial score (nSPS) is 15.8. The molecule has 1 aliphatic carbocycles. The van der Waals surface area contributed by atoms with Crippen LogP contribution in [0, 0.1) is 5.82 Å². The Kier molecular flexibility index (Phi) is 4.54. The largest absolute Gasteiger partial charge is 0.416 e. The van der Waals surface area contributed by atoms with Crippen molar-refractivity contribution < 1.29 is 22.4 Å². The zero-order chi connectivity index (χ0) is 18.2. The first-order valence-corrected chi connectivity index (χ1v) is 8.00. The van der Waals surface area contributed by atoms with E-state index in [2.05, 4.69) is 0 Å². The number of benzene rings is 2. The van der Waals surface area contributed by atoms with E-state index in [1.165, 1.54) is 18.2 Å². The molecule has 0 bridgehead atoms. The molecule has 0 aliphatic heterocycles. The van der Waals surface area contributed by atoms with Gasteiger partial charge < -0.3 is 5.73 Å². The molecule has 1 unspecified atom stereocenters. The number of halogens is 4. The molecule has 1 amide bonds. The Morgan fingerprint density at radius 3 is 2.44 bits per heavy atom. The lowest BCUT2D eigenvalue weighted by atomic mass is 9.89. The maximum atomic E-state index is 14.3. The zero-order valence-electron chi connectivity index (χ0n) is 13.3. The molecule has 2 aromatic carbocycles. The van der Waals surface area contributed by atoms with Crippen molar-refractivity contribution in [1.29, 1.82) is 0 Å². The smallest absolute Gasteiger partial charge is 0.369 e. The van der Waals surface area contributed by atoms with Crippen molar-refractivity contribution in [3.05, 3.63) is 70.5 Å². The number of primary amides is 1. The van der Waals surface area contributed by atoms with Crippen molar-refractivity contribution in [3.63, 3.8) is 0 Å². The maximum absolute atomic E-state index is 14.3. The van der Waals surface area contributed by atoms with E-state index >= 15 is 0 Å². The minimum Gasteiger partial charge on any atom is -0.369 e. The molecule has 25 heavy (non-hydrogen) atoms. The molecular weight excluding hydrogens is 334 g/mol. The van der Waals surface area contributed by atoms with E-state index in [1.807, 2.05) is 0 Å². The summed E-state index contributed by atoms with van der Waals surface area (Å²) in [6.07, 6.45) is -2.53. The summed E-state index contributed by atoms with van der Waals surface area (Å²) in [6, 6.07) is 9.28. The Labute approximate surface area is 142 Å². The predicted octanol–water partition coefficient (Wildman–Crippen LogP) is 4.53. The molecule has 2 aromatic rings. The molecule has 132 valence electrons. The molecule has 1 fully saturated rings. The predicted molar refractivity (Wildman–Crippen MR) is 85.5 cm³/mol. The van der Waals surface area contributed by atoms with Crippen molar-refractivity contribution in [2.45, 2.75) is 37.3 Å². The number of amides is 1. The minimum absolute atomic E-state index is 0.0760. The summed E-state index contributed by atoms with van der Waals surface area (Å²) in [4.78, 5) is 11.8. The standard InChI is InChI=1S/C19H17F4NO/c20-17-10-12(11-4-5-11)6-7-14(17)9-16(18(24)25)13-2-1-3-15(8-13)19(21,22)23/h1-3,6-8,10-11,16H,4-5,9H2,(H2,24,25). The Bertz CT molecular complexity index is 796. The number of hydrogen-bond donors (Lipinski definition) is 1. The third-order valence-corrected chi connectivity index (χ3v) is 4.51. The molecule has 2 N–H and O–H groups in total. The van der Waals surface area contributed by atoms with E-state index in [0.29, 0.717) is 5.92 Å². The van der Waals surface area contributed by atoms with Gasteiger partial charge in [-0.3, -0.25) is 4.79 Å². The van der Waals surface area contributed by atoms with Crippen LogP contribution in [-0.4, -0.2) is 5.91 Å². The highest BCUT2D eigenvalue weighted by atomic mass is 19.4. The van der Waals surface area contributed by atoms with Crippen LogP contribution in [0.2, 0.25) is 0 Å². The van der Waals surface area contributed by atoms with Crippen LogP contribution in [0.3, 0.4) is 0 Å². The lowest BCUT2D eigenvalue weighted by molar-refractivity contribution is -0.137. The van der Waals surface area contributed by atoms with Gasteiger partial charge in [-0.1, -0.05) is 30.3 Å². The number of hydrogen-bond acceptors (Lipinski definition) is 1. The molecular formula is C19H17F4NO. The summed E-state index contributed by atoms with van der Waals surface area (Å²) >= 11 is 0. The van der Waals surface area contributed by atoms with Crippen LogP contribution in [0.4, 0.5) is 17.6 Å². The monoisotopic (exact) mass is 351 g/mol. The number of carbonyl (C=O) groups is 1. The highest BCUT2D eigenvalue weighted by molar-refractivity contribution is 5.82. The van der Waals surface area contributed by atoms with Gasteiger partial charge in [-0.2, -0.15) is 13.2 Å². The highest BCUT2D eigenvalue weighted by Crippen LogP contribution is 2.40. The van der Waals surface area contributed by atoms with E-state index in [0.717, 1.165) is 30.5 Å². The van der Waals surface area contributed by atoms with Gasteiger partial charge in [0.2, 0.25) is 5.91 Å². The van der Waals surface area contributed by atoms with Crippen molar-refractivity contribution >= 4 is 5.91 Å². The summed E-state index contributed by atoms with van der Waals surface area (Å²) in [5, 5.41) is 0. The maximum Gasteiger partial charge on any atom is 0.416 e. The summed E-state index contributed by atoms with van der Waals surface area (Å²) in [7, 11) is 0. The van der Waals surface area contributed by atoms with Crippen molar-refractivity contribution in [1.82, 2.24) is 0 Å². The lowest BCUT2D eigenvalue weighted by Gasteiger charge is -2.17. The van der Waals surface area contributed by atoms with Crippen LogP contribution in [-0.2, 0) is 17.4 Å². The van der Waals surface area contributed by atoms with E-state index in [4.69, 9.17) is 5.73 Å². The third-order valence-electron chi connectivity index (χ3n) is 4.51. The number of rotatable bonds is 5. The molecule has 0 heterocycles. The molecule has 0 aromatic heterocycles.